The fourth-order valence-corrected chi connectivity index (χ4v) is 3.50. The Morgan fingerprint density at radius 2 is 1.69 bits per heavy atom. The molecule has 0 saturated heterocycles. The van der Waals surface area contributed by atoms with E-state index in [-0.39, 0.29) is 29.4 Å². The maximum Gasteiger partial charge on any atom is 0.430 e. The van der Waals surface area contributed by atoms with E-state index in [0.717, 1.165) is 6.07 Å². The zero-order chi connectivity index (χ0) is 19.5. The molecule has 26 heavy (non-hydrogen) atoms. The number of alkyl halides is 6. The molecular weight excluding hydrogens is 364 g/mol. The topological polar surface area (TPSA) is 42.2 Å². The van der Waals surface area contributed by atoms with Crippen molar-refractivity contribution in [2.45, 2.75) is 50.7 Å². The van der Waals surface area contributed by atoms with E-state index in [4.69, 9.17) is 0 Å². The molecule has 2 heterocycles. The van der Waals surface area contributed by atoms with Crippen LogP contribution in [0.3, 0.4) is 0 Å². The number of pyridine rings is 1. The predicted molar refractivity (Wildman–Crippen MR) is 81.9 cm³/mol. The summed E-state index contributed by atoms with van der Waals surface area (Å²) in [6, 6.07) is 2.65. The van der Waals surface area contributed by atoms with E-state index in [0.29, 0.717) is 30.1 Å². The van der Waals surface area contributed by atoms with Gasteiger partial charge in [-0.1, -0.05) is 13.0 Å². The SMILES string of the molecule is CCc1cc(=O)n2c3c(cc(C(O)(C(F)(F)F)C(F)(F)F)cc13)CCC2. The van der Waals surface area contributed by atoms with Gasteiger partial charge in [0.05, 0.1) is 5.52 Å². The molecule has 1 aromatic heterocycles. The molecule has 0 aliphatic carbocycles. The van der Waals surface area contributed by atoms with Crippen LogP contribution in [0.1, 0.15) is 30.0 Å². The van der Waals surface area contributed by atoms with Gasteiger partial charge in [-0.25, -0.2) is 0 Å². The first kappa shape index (κ1) is 18.8. The van der Waals surface area contributed by atoms with Gasteiger partial charge < -0.3 is 9.67 Å². The van der Waals surface area contributed by atoms with E-state index in [1.165, 1.54) is 10.6 Å². The molecule has 1 aromatic carbocycles. The van der Waals surface area contributed by atoms with Gasteiger partial charge in [-0.2, -0.15) is 26.3 Å². The van der Waals surface area contributed by atoms with Crippen LogP contribution in [0.5, 0.6) is 0 Å². The van der Waals surface area contributed by atoms with Crippen LogP contribution in [0.2, 0.25) is 0 Å². The number of nitrogens with zero attached hydrogens (tertiary/aromatic N) is 1. The summed E-state index contributed by atoms with van der Waals surface area (Å²) in [5.74, 6) is 0. The van der Waals surface area contributed by atoms with Gasteiger partial charge in [0.2, 0.25) is 0 Å². The first-order valence-electron chi connectivity index (χ1n) is 7.97. The largest absolute Gasteiger partial charge is 0.430 e. The van der Waals surface area contributed by atoms with Gasteiger partial charge in [0, 0.05) is 23.6 Å². The molecule has 0 amide bonds. The van der Waals surface area contributed by atoms with Crippen LogP contribution in [0.25, 0.3) is 10.9 Å². The number of halogens is 6. The number of aromatic nitrogens is 1. The highest BCUT2D eigenvalue weighted by molar-refractivity contribution is 5.87. The second-order valence-electron chi connectivity index (χ2n) is 6.35. The average Bonchev–Trinajstić information content (AvgIpc) is 2.54. The highest BCUT2D eigenvalue weighted by Crippen LogP contribution is 2.51. The lowest BCUT2D eigenvalue weighted by molar-refractivity contribution is -0.376. The Kier molecular flexibility index (Phi) is 4.14. The van der Waals surface area contributed by atoms with Crippen LogP contribution in [-0.2, 0) is 25.0 Å². The molecule has 3 nitrogen and oxygen atoms in total. The Labute approximate surface area is 143 Å². The maximum absolute atomic E-state index is 13.2. The number of aliphatic hydroxyl groups is 1. The number of aryl methyl sites for hydroxylation is 3. The lowest BCUT2D eigenvalue weighted by Gasteiger charge is -2.34. The number of hydrogen-bond donors (Lipinski definition) is 1. The normalized spacial score (nSPS) is 15.5. The minimum absolute atomic E-state index is 0.131. The van der Waals surface area contributed by atoms with Crippen molar-refractivity contribution in [3.8, 4) is 0 Å². The van der Waals surface area contributed by atoms with Crippen molar-refractivity contribution in [3.63, 3.8) is 0 Å². The smallest absolute Gasteiger partial charge is 0.369 e. The van der Waals surface area contributed by atoms with Gasteiger partial charge >= 0.3 is 12.4 Å². The molecule has 0 saturated carbocycles. The van der Waals surface area contributed by atoms with Crippen molar-refractivity contribution < 1.29 is 31.4 Å². The molecule has 1 aliphatic heterocycles. The van der Waals surface area contributed by atoms with Gasteiger partial charge in [-0.3, -0.25) is 4.79 Å². The fraction of sp³-hybridized carbons (Fsp3) is 0.471. The van der Waals surface area contributed by atoms with Crippen molar-refractivity contribution in [1.82, 2.24) is 4.57 Å². The monoisotopic (exact) mass is 379 g/mol. The third kappa shape index (κ3) is 2.52. The molecule has 0 spiro atoms. The number of rotatable bonds is 2. The van der Waals surface area contributed by atoms with Crippen LogP contribution in [0.15, 0.2) is 23.0 Å². The number of hydrogen-bond acceptors (Lipinski definition) is 2. The second-order valence-corrected chi connectivity index (χ2v) is 6.35. The molecule has 0 radical (unpaired) electrons. The Balaban J connectivity index is 2.44. The standard InChI is InChI=1S/C17H15F6NO2/c1-2-9-7-13(25)24-5-3-4-10-6-11(8-12(9)14(10)24)15(26,16(18,19)20)17(21,22)23/h6-8,26H,2-5H2,1H3. The first-order chi connectivity index (χ1) is 11.9. The fourth-order valence-electron chi connectivity index (χ4n) is 3.50. The van der Waals surface area contributed by atoms with E-state index in [1.807, 2.05) is 0 Å². The van der Waals surface area contributed by atoms with Crippen LogP contribution in [0.4, 0.5) is 26.3 Å². The van der Waals surface area contributed by atoms with Crippen molar-refractivity contribution in [1.29, 1.82) is 0 Å². The molecule has 1 aliphatic rings. The quantitative estimate of drug-likeness (QED) is 0.806. The van der Waals surface area contributed by atoms with E-state index in [1.54, 1.807) is 6.92 Å². The summed E-state index contributed by atoms with van der Waals surface area (Å²) in [6.45, 7) is 1.99. The van der Waals surface area contributed by atoms with Crippen molar-refractivity contribution in [2.24, 2.45) is 0 Å². The molecule has 142 valence electrons. The van der Waals surface area contributed by atoms with Crippen LogP contribution < -0.4 is 5.56 Å². The highest BCUT2D eigenvalue weighted by Gasteiger charge is 2.71. The Bertz CT molecular complexity index is 912. The molecule has 1 N–H and O–H groups in total. The maximum atomic E-state index is 13.2. The Morgan fingerprint density at radius 1 is 1.08 bits per heavy atom. The van der Waals surface area contributed by atoms with E-state index in [9.17, 15) is 36.2 Å². The van der Waals surface area contributed by atoms with E-state index >= 15 is 0 Å². The lowest BCUT2D eigenvalue weighted by Crippen LogP contribution is -2.54. The minimum atomic E-state index is -5.94. The van der Waals surface area contributed by atoms with Gasteiger partial charge in [-0.15, -0.1) is 0 Å². The lowest BCUT2D eigenvalue weighted by atomic mass is 9.86. The average molecular weight is 379 g/mol. The van der Waals surface area contributed by atoms with Crippen LogP contribution in [-0.4, -0.2) is 22.0 Å². The number of benzene rings is 1. The summed E-state index contributed by atoms with van der Waals surface area (Å²) in [5, 5.41) is 9.85. The summed E-state index contributed by atoms with van der Waals surface area (Å²) >= 11 is 0. The van der Waals surface area contributed by atoms with Gasteiger partial charge in [-0.05, 0) is 36.5 Å². The molecular formula is C17H15F6NO2. The van der Waals surface area contributed by atoms with Crippen LogP contribution >= 0.6 is 0 Å². The Hall–Kier alpha value is -2.03. The van der Waals surface area contributed by atoms with E-state index in [2.05, 4.69) is 0 Å². The van der Waals surface area contributed by atoms with Crippen LogP contribution in [0, 0.1) is 0 Å². The molecule has 0 bridgehead atoms. The summed E-state index contributed by atoms with van der Waals surface area (Å²) in [6.07, 6.45) is -11.0. The Morgan fingerprint density at radius 3 is 2.23 bits per heavy atom. The molecule has 0 fully saturated rings. The zero-order valence-corrected chi connectivity index (χ0v) is 13.6. The van der Waals surface area contributed by atoms with Crippen molar-refractivity contribution in [2.75, 3.05) is 0 Å². The zero-order valence-electron chi connectivity index (χ0n) is 13.6. The third-order valence-electron chi connectivity index (χ3n) is 4.82. The summed E-state index contributed by atoms with van der Waals surface area (Å²) in [7, 11) is 0. The molecule has 2 aromatic rings. The van der Waals surface area contributed by atoms with E-state index < -0.39 is 23.5 Å². The molecule has 3 rings (SSSR count). The summed E-state index contributed by atoms with van der Waals surface area (Å²) in [5.41, 5.74) is -5.71. The third-order valence-corrected chi connectivity index (χ3v) is 4.82. The summed E-state index contributed by atoms with van der Waals surface area (Å²) < 4.78 is 80.8. The van der Waals surface area contributed by atoms with Crippen molar-refractivity contribution in [3.05, 3.63) is 45.2 Å². The van der Waals surface area contributed by atoms with Gasteiger partial charge in [0.1, 0.15) is 0 Å². The molecule has 0 unspecified atom stereocenters. The van der Waals surface area contributed by atoms with Gasteiger partial charge in [0.15, 0.2) is 0 Å². The molecule has 0 atom stereocenters. The second kappa shape index (κ2) is 5.73. The first-order valence-corrected chi connectivity index (χ1v) is 7.97. The van der Waals surface area contributed by atoms with Gasteiger partial charge in [0.25, 0.3) is 11.2 Å². The predicted octanol–water partition coefficient (Wildman–Crippen LogP) is 3.82. The summed E-state index contributed by atoms with van der Waals surface area (Å²) in [4.78, 5) is 12.2. The highest BCUT2D eigenvalue weighted by atomic mass is 19.4. The molecule has 9 heteroatoms. The minimum Gasteiger partial charge on any atom is -0.369 e. The van der Waals surface area contributed by atoms with Crippen molar-refractivity contribution >= 4 is 10.9 Å².